The number of carbonyl (C=O) groups excluding carboxylic acids is 1. The van der Waals surface area contributed by atoms with Crippen molar-refractivity contribution in [2.75, 3.05) is 18.6 Å². The molecule has 2 rings (SSSR count). The average molecular weight is 254 g/mol. The largest absolute Gasteiger partial charge is 0.357 e. The van der Waals surface area contributed by atoms with Gasteiger partial charge in [-0.2, -0.15) is 0 Å². The van der Waals surface area contributed by atoms with Gasteiger partial charge >= 0.3 is 0 Å². The number of rotatable bonds is 4. The van der Waals surface area contributed by atoms with Gasteiger partial charge in [0, 0.05) is 18.3 Å². The van der Waals surface area contributed by atoms with E-state index in [4.69, 9.17) is 0 Å². The molecule has 0 aliphatic carbocycles. The molecule has 19 heavy (non-hydrogen) atoms. The summed E-state index contributed by atoms with van der Waals surface area (Å²) in [5.74, 6) is -0.0560. The van der Waals surface area contributed by atoms with Crippen LogP contribution in [0.25, 0.3) is 0 Å². The Labute approximate surface area is 113 Å². The molecule has 3 nitrogen and oxygen atoms in total. The summed E-state index contributed by atoms with van der Waals surface area (Å²) in [4.78, 5) is 13.9. The molecule has 0 aliphatic rings. The van der Waals surface area contributed by atoms with Gasteiger partial charge in [-0.05, 0) is 31.2 Å². The van der Waals surface area contributed by atoms with Crippen molar-refractivity contribution in [3.05, 3.63) is 65.7 Å². The summed E-state index contributed by atoms with van der Waals surface area (Å²) >= 11 is 0. The molecule has 0 fully saturated rings. The van der Waals surface area contributed by atoms with E-state index >= 15 is 0 Å². The Morgan fingerprint density at radius 3 is 2.32 bits per heavy atom. The Kier molecular flexibility index (Phi) is 4.18. The monoisotopic (exact) mass is 254 g/mol. The first-order chi connectivity index (χ1) is 9.16. The van der Waals surface area contributed by atoms with E-state index in [1.165, 1.54) is 5.56 Å². The van der Waals surface area contributed by atoms with Crippen LogP contribution in [-0.2, 0) is 0 Å². The van der Waals surface area contributed by atoms with E-state index in [0.717, 1.165) is 5.69 Å². The lowest BCUT2D eigenvalue weighted by Gasteiger charge is -2.20. The number of amides is 1. The highest BCUT2D eigenvalue weighted by Gasteiger charge is 2.05. The van der Waals surface area contributed by atoms with Crippen molar-refractivity contribution >= 4 is 11.6 Å². The minimum Gasteiger partial charge on any atom is -0.357 e. The zero-order chi connectivity index (χ0) is 13.7. The maximum atomic E-state index is 11.9. The van der Waals surface area contributed by atoms with Crippen LogP contribution in [0.5, 0.6) is 0 Å². The molecule has 0 saturated heterocycles. The molecule has 2 aromatic rings. The fraction of sp³-hybridized carbons (Fsp3) is 0.188. The van der Waals surface area contributed by atoms with Crippen LogP contribution in [0.3, 0.4) is 0 Å². The maximum Gasteiger partial charge on any atom is 0.252 e. The Morgan fingerprint density at radius 1 is 1.05 bits per heavy atom. The molecule has 1 N–H and O–H groups in total. The van der Waals surface area contributed by atoms with Crippen LogP contribution < -0.4 is 10.2 Å². The molecule has 0 bridgehead atoms. The number of nitrogens with one attached hydrogen (secondary N) is 1. The van der Waals surface area contributed by atoms with Gasteiger partial charge < -0.3 is 10.2 Å². The van der Waals surface area contributed by atoms with E-state index in [0.29, 0.717) is 12.2 Å². The molecule has 0 aliphatic heterocycles. The smallest absolute Gasteiger partial charge is 0.252 e. The quantitative estimate of drug-likeness (QED) is 0.851. The van der Waals surface area contributed by atoms with Gasteiger partial charge in [-0.25, -0.2) is 0 Å². The number of anilines is 1. The molecule has 0 radical (unpaired) electrons. The van der Waals surface area contributed by atoms with Gasteiger partial charge in [0.15, 0.2) is 0 Å². The summed E-state index contributed by atoms with van der Waals surface area (Å²) in [6, 6.07) is 17.4. The summed E-state index contributed by atoms with van der Waals surface area (Å²) in [6.45, 7) is 2.54. The minimum atomic E-state index is -0.0560. The molecule has 98 valence electrons. The zero-order valence-corrected chi connectivity index (χ0v) is 11.3. The van der Waals surface area contributed by atoms with E-state index < -0.39 is 0 Å². The summed E-state index contributed by atoms with van der Waals surface area (Å²) in [7, 11) is 1.95. The third-order valence-electron chi connectivity index (χ3n) is 2.99. The Balaban J connectivity index is 1.92. The minimum absolute atomic E-state index is 0.0560. The molecule has 3 heteroatoms. The summed E-state index contributed by atoms with van der Waals surface area (Å²) < 4.78 is 0. The fourth-order valence-electron chi connectivity index (χ4n) is 1.77. The first-order valence-electron chi connectivity index (χ1n) is 6.28. The Bertz CT molecular complexity index is 534. The lowest BCUT2D eigenvalue weighted by Crippen LogP contribution is -2.35. The van der Waals surface area contributed by atoms with Crippen LogP contribution in [0.15, 0.2) is 54.6 Å². The lowest BCUT2D eigenvalue weighted by atomic mass is 10.2. The predicted octanol–water partition coefficient (Wildman–Crippen LogP) is 2.82. The third kappa shape index (κ3) is 3.58. The molecular formula is C16H18N2O. The first kappa shape index (κ1) is 13.1. The van der Waals surface area contributed by atoms with Gasteiger partial charge in [-0.3, -0.25) is 4.79 Å². The number of benzene rings is 2. The van der Waals surface area contributed by atoms with E-state index in [1.807, 2.05) is 42.3 Å². The normalized spacial score (nSPS) is 10.0. The van der Waals surface area contributed by atoms with Crippen molar-refractivity contribution in [3.8, 4) is 0 Å². The summed E-state index contributed by atoms with van der Waals surface area (Å²) in [5, 5.41) is 2.90. The molecule has 0 atom stereocenters. The van der Waals surface area contributed by atoms with Crippen molar-refractivity contribution < 1.29 is 4.79 Å². The number of hydrogen-bond donors (Lipinski definition) is 1. The van der Waals surface area contributed by atoms with Gasteiger partial charge in [0.05, 0.1) is 6.67 Å². The van der Waals surface area contributed by atoms with Gasteiger partial charge in [-0.1, -0.05) is 35.9 Å². The maximum absolute atomic E-state index is 11.9. The van der Waals surface area contributed by atoms with Crippen LogP contribution in [0, 0.1) is 6.92 Å². The standard InChI is InChI=1S/C16H18N2O/c1-13-8-10-15(11-9-13)18(2)12-17-16(19)14-6-4-3-5-7-14/h3-11H,12H2,1-2H3,(H,17,19). The van der Waals surface area contributed by atoms with Crippen LogP contribution in [0.2, 0.25) is 0 Å². The molecular weight excluding hydrogens is 236 g/mol. The van der Waals surface area contributed by atoms with Crippen molar-refractivity contribution in [2.45, 2.75) is 6.92 Å². The molecule has 2 aromatic carbocycles. The predicted molar refractivity (Wildman–Crippen MR) is 78.4 cm³/mol. The number of carbonyl (C=O) groups is 1. The van der Waals surface area contributed by atoms with Gasteiger partial charge in [-0.15, -0.1) is 0 Å². The Morgan fingerprint density at radius 2 is 1.68 bits per heavy atom. The highest BCUT2D eigenvalue weighted by atomic mass is 16.1. The van der Waals surface area contributed by atoms with E-state index in [-0.39, 0.29) is 5.91 Å². The molecule has 0 saturated carbocycles. The number of aryl methyl sites for hydroxylation is 1. The second-order valence-corrected chi connectivity index (χ2v) is 4.56. The summed E-state index contributed by atoms with van der Waals surface area (Å²) in [6.07, 6.45) is 0. The zero-order valence-electron chi connectivity index (χ0n) is 11.3. The van der Waals surface area contributed by atoms with Crippen molar-refractivity contribution in [2.24, 2.45) is 0 Å². The van der Waals surface area contributed by atoms with E-state index in [2.05, 4.69) is 24.4 Å². The second-order valence-electron chi connectivity index (χ2n) is 4.56. The van der Waals surface area contributed by atoms with Crippen LogP contribution in [0.1, 0.15) is 15.9 Å². The third-order valence-corrected chi connectivity index (χ3v) is 2.99. The van der Waals surface area contributed by atoms with Crippen LogP contribution in [-0.4, -0.2) is 19.6 Å². The highest BCUT2D eigenvalue weighted by Crippen LogP contribution is 2.12. The number of nitrogens with zero attached hydrogens (tertiary/aromatic N) is 1. The van der Waals surface area contributed by atoms with Gasteiger partial charge in [0.2, 0.25) is 0 Å². The van der Waals surface area contributed by atoms with Crippen molar-refractivity contribution in [1.29, 1.82) is 0 Å². The van der Waals surface area contributed by atoms with E-state index in [9.17, 15) is 4.79 Å². The molecule has 0 heterocycles. The average Bonchev–Trinajstić information content (AvgIpc) is 2.46. The SMILES string of the molecule is Cc1ccc(N(C)CNC(=O)c2ccccc2)cc1. The highest BCUT2D eigenvalue weighted by molar-refractivity contribution is 5.94. The topological polar surface area (TPSA) is 32.3 Å². The van der Waals surface area contributed by atoms with Crippen LogP contribution >= 0.6 is 0 Å². The lowest BCUT2D eigenvalue weighted by molar-refractivity contribution is 0.0954. The fourth-order valence-corrected chi connectivity index (χ4v) is 1.77. The van der Waals surface area contributed by atoms with Gasteiger partial charge in [0.1, 0.15) is 0 Å². The van der Waals surface area contributed by atoms with Crippen molar-refractivity contribution in [1.82, 2.24) is 5.32 Å². The van der Waals surface area contributed by atoms with Crippen LogP contribution in [0.4, 0.5) is 5.69 Å². The second kappa shape index (κ2) is 6.05. The van der Waals surface area contributed by atoms with E-state index in [1.54, 1.807) is 12.1 Å². The van der Waals surface area contributed by atoms with Gasteiger partial charge in [0.25, 0.3) is 5.91 Å². The first-order valence-corrected chi connectivity index (χ1v) is 6.28. The molecule has 0 aromatic heterocycles. The van der Waals surface area contributed by atoms with Crippen molar-refractivity contribution in [3.63, 3.8) is 0 Å². The molecule has 0 unspecified atom stereocenters. The Hall–Kier alpha value is -2.29. The molecule has 0 spiro atoms. The number of hydrogen-bond acceptors (Lipinski definition) is 2. The molecule has 1 amide bonds. The summed E-state index contributed by atoms with van der Waals surface area (Å²) in [5.41, 5.74) is 2.99.